The molecule has 6 heteroatoms. The van der Waals surface area contributed by atoms with E-state index in [1.54, 1.807) is 74.9 Å². The molecule has 2 rings (SSSR count). The van der Waals surface area contributed by atoms with Crippen LogP contribution in [0.4, 0.5) is 0 Å². The third-order valence-electron chi connectivity index (χ3n) is 2.97. The van der Waals surface area contributed by atoms with E-state index in [9.17, 15) is 0 Å². The lowest BCUT2D eigenvalue weighted by molar-refractivity contribution is 0.223. The zero-order valence-corrected chi connectivity index (χ0v) is 13.1. The Kier molecular flexibility index (Phi) is 5.65. The van der Waals surface area contributed by atoms with Gasteiger partial charge in [-0.3, -0.25) is 0 Å². The van der Waals surface area contributed by atoms with Gasteiger partial charge in [-0.25, -0.2) is 0 Å². The number of methoxy groups -OCH3 is 2. The fourth-order valence-corrected chi connectivity index (χ4v) is 1.74. The highest BCUT2D eigenvalue weighted by Crippen LogP contribution is 2.24. The molecular weight excluding hydrogens is 308 g/mol. The molecule has 120 valence electrons. The number of benzene rings is 2. The summed E-state index contributed by atoms with van der Waals surface area (Å²) in [5, 5.41) is 18.2. The summed E-state index contributed by atoms with van der Waals surface area (Å²) < 4.78 is 21.2. The molecule has 0 heterocycles. The molecule has 0 radical (unpaired) electrons. The van der Waals surface area contributed by atoms with Gasteiger partial charge in [-0.15, -0.1) is 0 Å². The first-order chi connectivity index (χ1) is 11.7. The van der Waals surface area contributed by atoms with Crippen LogP contribution < -0.4 is 18.9 Å². The number of ether oxygens (including phenoxy) is 4. The fraction of sp³-hybridized carbons (Fsp3) is 0.111. The van der Waals surface area contributed by atoms with E-state index in [1.165, 1.54) is 0 Å². The van der Waals surface area contributed by atoms with Crippen LogP contribution in [0.3, 0.4) is 0 Å². The average molecular weight is 322 g/mol. The molecule has 0 N–H and O–H groups in total. The molecule has 0 aromatic heterocycles. The molecule has 24 heavy (non-hydrogen) atoms. The van der Waals surface area contributed by atoms with Gasteiger partial charge >= 0.3 is 5.95 Å². The second kappa shape index (κ2) is 8.11. The third-order valence-corrected chi connectivity index (χ3v) is 2.97. The van der Waals surface area contributed by atoms with Crippen LogP contribution in [0.2, 0.25) is 0 Å². The normalized spacial score (nSPS) is 9.17. The standard InChI is InChI=1S/C18H14N2O4/c1-21-14-3-7-16(8-4-14)23-18(13(11-19)12-20)24-17-9-5-15(22-2)6-10-17/h3-10H,1-2H3. The van der Waals surface area contributed by atoms with E-state index >= 15 is 0 Å². The lowest BCUT2D eigenvalue weighted by atomic mass is 10.3. The minimum absolute atomic E-state index is 0.199. The molecule has 0 unspecified atom stereocenters. The van der Waals surface area contributed by atoms with Crippen molar-refractivity contribution < 1.29 is 18.9 Å². The van der Waals surface area contributed by atoms with Gasteiger partial charge in [-0.05, 0) is 48.5 Å². The van der Waals surface area contributed by atoms with Crippen molar-refractivity contribution in [2.75, 3.05) is 14.2 Å². The molecular formula is C18H14N2O4. The van der Waals surface area contributed by atoms with Gasteiger partial charge in [0.1, 0.15) is 35.1 Å². The summed E-state index contributed by atoms with van der Waals surface area (Å²) in [6, 6.07) is 16.9. The monoisotopic (exact) mass is 322 g/mol. The van der Waals surface area contributed by atoms with Crippen molar-refractivity contribution in [3.05, 3.63) is 60.0 Å². The zero-order valence-electron chi connectivity index (χ0n) is 13.1. The average Bonchev–Trinajstić information content (AvgIpc) is 2.64. The van der Waals surface area contributed by atoms with Crippen LogP contribution in [0.5, 0.6) is 23.0 Å². The molecule has 2 aromatic carbocycles. The van der Waals surface area contributed by atoms with E-state index in [0.29, 0.717) is 23.0 Å². The van der Waals surface area contributed by atoms with Gasteiger partial charge < -0.3 is 18.9 Å². The Bertz CT molecular complexity index is 729. The Morgan fingerprint density at radius 2 is 1.00 bits per heavy atom. The molecule has 0 amide bonds. The predicted octanol–water partition coefficient (Wildman–Crippen LogP) is 3.42. The van der Waals surface area contributed by atoms with Crippen molar-refractivity contribution in [3.63, 3.8) is 0 Å². The zero-order chi connectivity index (χ0) is 17.4. The summed E-state index contributed by atoms with van der Waals surface area (Å²) >= 11 is 0. The van der Waals surface area contributed by atoms with Crippen LogP contribution >= 0.6 is 0 Å². The molecule has 0 spiro atoms. The highest BCUT2D eigenvalue weighted by atomic mass is 16.7. The summed E-state index contributed by atoms with van der Waals surface area (Å²) in [4.78, 5) is 0. The fourth-order valence-electron chi connectivity index (χ4n) is 1.74. The summed E-state index contributed by atoms with van der Waals surface area (Å²) in [7, 11) is 3.11. The Balaban J connectivity index is 2.26. The molecule has 0 bridgehead atoms. The van der Waals surface area contributed by atoms with Gasteiger partial charge in [-0.1, -0.05) is 0 Å². The summed E-state index contributed by atoms with van der Waals surface area (Å²) in [5.41, 5.74) is -0.276. The van der Waals surface area contributed by atoms with Gasteiger partial charge in [0.05, 0.1) is 14.2 Å². The molecule has 0 aliphatic heterocycles. The number of hydrogen-bond donors (Lipinski definition) is 0. The molecule has 0 atom stereocenters. The molecule has 0 aliphatic carbocycles. The predicted molar refractivity (Wildman–Crippen MR) is 85.5 cm³/mol. The maximum atomic E-state index is 9.09. The molecule has 2 aromatic rings. The molecule has 0 aliphatic rings. The SMILES string of the molecule is COc1ccc(OC(Oc2ccc(OC)cc2)=C(C#N)C#N)cc1. The Morgan fingerprint density at radius 1 is 0.667 bits per heavy atom. The number of allylic oxidation sites excluding steroid dienone is 1. The van der Waals surface area contributed by atoms with Crippen LogP contribution in [0.25, 0.3) is 0 Å². The smallest absolute Gasteiger partial charge is 0.320 e. The second-order valence-electron chi connectivity index (χ2n) is 4.44. The van der Waals surface area contributed by atoms with E-state index < -0.39 is 0 Å². The first-order valence-electron chi connectivity index (χ1n) is 6.88. The maximum Gasteiger partial charge on any atom is 0.320 e. The third kappa shape index (κ3) is 4.19. The van der Waals surface area contributed by atoms with E-state index in [4.69, 9.17) is 29.5 Å². The Hall–Kier alpha value is -3.64. The van der Waals surface area contributed by atoms with Gasteiger partial charge in [0, 0.05) is 0 Å². The second-order valence-corrected chi connectivity index (χ2v) is 4.44. The summed E-state index contributed by atoms with van der Waals surface area (Å²) in [6.45, 7) is 0. The Labute approximate surface area is 139 Å². The van der Waals surface area contributed by atoms with E-state index in [-0.39, 0.29) is 11.5 Å². The van der Waals surface area contributed by atoms with Crippen molar-refractivity contribution >= 4 is 0 Å². The molecule has 0 saturated carbocycles. The van der Waals surface area contributed by atoms with Crippen molar-refractivity contribution in [2.24, 2.45) is 0 Å². The lowest BCUT2D eigenvalue weighted by Crippen LogP contribution is -2.07. The largest absolute Gasteiger partial charge is 0.497 e. The Morgan fingerprint density at radius 3 is 1.29 bits per heavy atom. The summed E-state index contributed by atoms with van der Waals surface area (Å²) in [5.74, 6) is 1.93. The van der Waals surface area contributed by atoms with Crippen LogP contribution in [-0.2, 0) is 0 Å². The van der Waals surface area contributed by atoms with Crippen LogP contribution in [-0.4, -0.2) is 14.2 Å². The highest BCUT2D eigenvalue weighted by molar-refractivity contribution is 5.41. The molecule has 6 nitrogen and oxygen atoms in total. The van der Waals surface area contributed by atoms with E-state index in [2.05, 4.69) is 0 Å². The topological polar surface area (TPSA) is 84.5 Å². The van der Waals surface area contributed by atoms with Crippen LogP contribution in [0.1, 0.15) is 0 Å². The molecule has 0 saturated heterocycles. The van der Waals surface area contributed by atoms with Gasteiger partial charge in [0.25, 0.3) is 0 Å². The van der Waals surface area contributed by atoms with Crippen molar-refractivity contribution in [3.8, 4) is 35.1 Å². The number of nitrogens with zero attached hydrogens (tertiary/aromatic N) is 2. The quantitative estimate of drug-likeness (QED) is 0.598. The highest BCUT2D eigenvalue weighted by Gasteiger charge is 2.13. The van der Waals surface area contributed by atoms with Crippen LogP contribution in [0.15, 0.2) is 60.0 Å². The number of hydrogen-bond acceptors (Lipinski definition) is 6. The first-order valence-corrected chi connectivity index (χ1v) is 6.88. The lowest BCUT2D eigenvalue weighted by Gasteiger charge is -2.12. The van der Waals surface area contributed by atoms with Gasteiger partial charge in [-0.2, -0.15) is 10.5 Å². The minimum atomic E-state index is -0.276. The maximum absolute atomic E-state index is 9.09. The summed E-state index contributed by atoms with van der Waals surface area (Å²) in [6.07, 6.45) is 0. The van der Waals surface area contributed by atoms with Gasteiger partial charge in [0.15, 0.2) is 0 Å². The number of rotatable bonds is 6. The van der Waals surface area contributed by atoms with Crippen molar-refractivity contribution in [1.29, 1.82) is 10.5 Å². The van der Waals surface area contributed by atoms with Crippen molar-refractivity contribution in [2.45, 2.75) is 0 Å². The van der Waals surface area contributed by atoms with Crippen molar-refractivity contribution in [1.82, 2.24) is 0 Å². The number of nitriles is 2. The molecule has 0 fully saturated rings. The van der Waals surface area contributed by atoms with Gasteiger partial charge in [0.2, 0.25) is 5.57 Å². The van der Waals surface area contributed by atoms with E-state index in [0.717, 1.165) is 0 Å². The van der Waals surface area contributed by atoms with Crippen LogP contribution in [0, 0.1) is 22.7 Å². The van der Waals surface area contributed by atoms with E-state index in [1.807, 2.05) is 0 Å². The minimum Gasteiger partial charge on any atom is -0.497 e. The first kappa shape index (κ1) is 16.7.